The molecule has 0 radical (unpaired) electrons. The van der Waals surface area contributed by atoms with Crippen molar-refractivity contribution in [2.45, 2.75) is 32.9 Å². The van der Waals surface area contributed by atoms with Gasteiger partial charge < -0.3 is 10.1 Å². The second kappa shape index (κ2) is 7.10. The molecule has 1 unspecified atom stereocenters. The highest BCUT2D eigenvalue weighted by atomic mass is 79.9. The molecule has 2 atom stereocenters. The summed E-state index contributed by atoms with van der Waals surface area (Å²) < 4.78 is 6.59. The van der Waals surface area contributed by atoms with Gasteiger partial charge in [0.05, 0.1) is 7.11 Å². The van der Waals surface area contributed by atoms with E-state index in [2.05, 4.69) is 72.3 Å². The van der Waals surface area contributed by atoms with Crippen molar-refractivity contribution in [2.75, 3.05) is 7.11 Å². The van der Waals surface area contributed by atoms with E-state index in [0.29, 0.717) is 0 Å². The van der Waals surface area contributed by atoms with Gasteiger partial charge in [0.25, 0.3) is 0 Å². The van der Waals surface area contributed by atoms with Gasteiger partial charge in [0.2, 0.25) is 0 Å². The summed E-state index contributed by atoms with van der Waals surface area (Å²) in [4.78, 5) is 0. The molecule has 2 aromatic rings. The lowest BCUT2D eigenvalue weighted by Crippen LogP contribution is -2.23. The number of methoxy groups -OCH3 is 1. The van der Waals surface area contributed by atoms with Crippen LogP contribution in [0, 0.1) is 6.92 Å². The summed E-state index contributed by atoms with van der Waals surface area (Å²) in [6.45, 7) is 6.46. The summed E-state index contributed by atoms with van der Waals surface area (Å²) in [5, 5.41) is 3.64. The smallest absolute Gasteiger partial charge is 0.123 e. The summed E-state index contributed by atoms with van der Waals surface area (Å²) in [5.74, 6) is 0.932. The van der Waals surface area contributed by atoms with Crippen LogP contribution in [0.5, 0.6) is 5.75 Å². The quantitative estimate of drug-likeness (QED) is 0.804. The molecular weight excluding hydrogens is 326 g/mol. The number of hydrogen-bond acceptors (Lipinski definition) is 2. The maximum Gasteiger partial charge on any atom is 0.123 e. The van der Waals surface area contributed by atoms with Crippen LogP contribution < -0.4 is 10.1 Å². The topological polar surface area (TPSA) is 21.3 Å². The van der Waals surface area contributed by atoms with Crippen molar-refractivity contribution in [1.82, 2.24) is 5.32 Å². The second-order valence-electron chi connectivity index (χ2n) is 5.41. The molecule has 2 rings (SSSR count). The summed E-state index contributed by atoms with van der Waals surface area (Å²) in [6, 6.07) is 15.2. The van der Waals surface area contributed by atoms with Crippen LogP contribution in [-0.2, 0) is 0 Å². The van der Waals surface area contributed by atoms with Gasteiger partial charge in [-0.25, -0.2) is 0 Å². The number of hydrogen-bond donors (Lipinski definition) is 1. The van der Waals surface area contributed by atoms with E-state index in [1.807, 2.05) is 12.1 Å². The van der Waals surface area contributed by atoms with Crippen LogP contribution in [0.2, 0.25) is 0 Å². The fourth-order valence-electron chi connectivity index (χ4n) is 2.53. The summed E-state index contributed by atoms with van der Waals surface area (Å²) in [5.41, 5.74) is 3.71. The zero-order chi connectivity index (χ0) is 15.4. The first-order valence-electron chi connectivity index (χ1n) is 7.17. The molecule has 0 amide bonds. The van der Waals surface area contributed by atoms with Gasteiger partial charge >= 0.3 is 0 Å². The molecule has 3 heteroatoms. The molecule has 112 valence electrons. The Labute approximate surface area is 135 Å². The average molecular weight is 348 g/mol. The second-order valence-corrected chi connectivity index (χ2v) is 6.33. The Kier molecular flexibility index (Phi) is 5.43. The standard InChI is InChI=1S/C18H22BrNO/c1-12-8-9-18(21-4)17(10-12)14(3)20-13(2)15-6-5-7-16(19)11-15/h5-11,13-14,20H,1-4H3/t13-,14?/m0/s1. The maximum atomic E-state index is 5.48. The van der Waals surface area contributed by atoms with Gasteiger partial charge in [0.1, 0.15) is 5.75 Å². The van der Waals surface area contributed by atoms with E-state index >= 15 is 0 Å². The van der Waals surface area contributed by atoms with Crippen LogP contribution in [0.15, 0.2) is 46.9 Å². The molecule has 0 saturated heterocycles. The lowest BCUT2D eigenvalue weighted by atomic mass is 10.0. The molecule has 0 saturated carbocycles. The Hall–Kier alpha value is -1.32. The van der Waals surface area contributed by atoms with Crippen LogP contribution in [0.3, 0.4) is 0 Å². The average Bonchev–Trinajstić information content (AvgIpc) is 2.47. The predicted molar refractivity (Wildman–Crippen MR) is 91.8 cm³/mol. The highest BCUT2D eigenvalue weighted by molar-refractivity contribution is 9.10. The van der Waals surface area contributed by atoms with Gasteiger partial charge in [-0.2, -0.15) is 0 Å². The fourth-order valence-corrected chi connectivity index (χ4v) is 2.95. The maximum absolute atomic E-state index is 5.48. The molecule has 0 bridgehead atoms. The lowest BCUT2D eigenvalue weighted by Gasteiger charge is -2.23. The number of rotatable bonds is 5. The van der Waals surface area contributed by atoms with Crippen molar-refractivity contribution in [2.24, 2.45) is 0 Å². The number of halogens is 1. The monoisotopic (exact) mass is 347 g/mol. The molecule has 21 heavy (non-hydrogen) atoms. The van der Waals surface area contributed by atoms with E-state index in [9.17, 15) is 0 Å². The highest BCUT2D eigenvalue weighted by Crippen LogP contribution is 2.28. The van der Waals surface area contributed by atoms with Crippen molar-refractivity contribution in [3.63, 3.8) is 0 Å². The normalized spacial score (nSPS) is 13.8. The molecule has 1 N–H and O–H groups in total. The van der Waals surface area contributed by atoms with E-state index in [1.165, 1.54) is 16.7 Å². The van der Waals surface area contributed by atoms with Crippen LogP contribution in [0.25, 0.3) is 0 Å². The van der Waals surface area contributed by atoms with E-state index < -0.39 is 0 Å². The largest absolute Gasteiger partial charge is 0.496 e. The zero-order valence-electron chi connectivity index (χ0n) is 13.0. The third-order valence-corrected chi connectivity index (χ3v) is 4.19. The number of aryl methyl sites for hydroxylation is 1. The molecule has 2 aromatic carbocycles. The fraction of sp³-hybridized carbons (Fsp3) is 0.333. The number of benzene rings is 2. The molecule has 0 aliphatic rings. The molecule has 0 aliphatic heterocycles. The Bertz CT molecular complexity index is 612. The van der Waals surface area contributed by atoms with Crippen LogP contribution in [0.4, 0.5) is 0 Å². The van der Waals surface area contributed by atoms with Crippen molar-refractivity contribution >= 4 is 15.9 Å². The SMILES string of the molecule is COc1ccc(C)cc1C(C)N[C@@H](C)c1cccc(Br)c1. The molecule has 0 aliphatic carbocycles. The Morgan fingerprint density at radius 2 is 1.81 bits per heavy atom. The van der Waals surface area contributed by atoms with E-state index in [1.54, 1.807) is 7.11 Å². The Morgan fingerprint density at radius 1 is 1.05 bits per heavy atom. The first-order valence-corrected chi connectivity index (χ1v) is 7.96. The van der Waals surface area contributed by atoms with Gasteiger partial charge in [-0.15, -0.1) is 0 Å². The molecular formula is C18H22BrNO. The summed E-state index contributed by atoms with van der Waals surface area (Å²) >= 11 is 3.53. The van der Waals surface area contributed by atoms with Crippen molar-refractivity contribution in [3.05, 3.63) is 63.6 Å². The number of nitrogens with one attached hydrogen (secondary N) is 1. The highest BCUT2D eigenvalue weighted by Gasteiger charge is 2.15. The molecule has 2 nitrogen and oxygen atoms in total. The minimum atomic E-state index is 0.217. The first-order chi connectivity index (χ1) is 10.0. The minimum absolute atomic E-state index is 0.217. The zero-order valence-corrected chi connectivity index (χ0v) is 14.6. The van der Waals surface area contributed by atoms with Crippen LogP contribution in [-0.4, -0.2) is 7.11 Å². The van der Waals surface area contributed by atoms with Crippen LogP contribution >= 0.6 is 15.9 Å². The third-order valence-electron chi connectivity index (χ3n) is 3.70. The minimum Gasteiger partial charge on any atom is -0.496 e. The first kappa shape index (κ1) is 16.1. The third kappa shape index (κ3) is 4.08. The predicted octanol–water partition coefficient (Wildman–Crippen LogP) is 5.18. The summed E-state index contributed by atoms with van der Waals surface area (Å²) in [6.07, 6.45) is 0. The lowest BCUT2D eigenvalue weighted by molar-refractivity contribution is 0.396. The molecule has 0 aromatic heterocycles. The van der Waals surface area contributed by atoms with Gasteiger partial charge in [-0.1, -0.05) is 45.8 Å². The van der Waals surface area contributed by atoms with Crippen molar-refractivity contribution in [1.29, 1.82) is 0 Å². The van der Waals surface area contributed by atoms with E-state index in [-0.39, 0.29) is 12.1 Å². The van der Waals surface area contributed by atoms with Crippen molar-refractivity contribution in [3.8, 4) is 5.75 Å². The van der Waals surface area contributed by atoms with E-state index in [4.69, 9.17) is 4.74 Å². The molecule has 0 spiro atoms. The van der Waals surface area contributed by atoms with Crippen molar-refractivity contribution < 1.29 is 4.74 Å². The Balaban J connectivity index is 2.17. The van der Waals surface area contributed by atoms with Gasteiger partial charge in [0, 0.05) is 22.1 Å². The van der Waals surface area contributed by atoms with Gasteiger partial charge in [-0.05, 0) is 44.5 Å². The molecule has 0 fully saturated rings. The number of ether oxygens (including phenoxy) is 1. The van der Waals surface area contributed by atoms with Gasteiger partial charge in [-0.3, -0.25) is 0 Å². The van der Waals surface area contributed by atoms with Gasteiger partial charge in [0.15, 0.2) is 0 Å². The molecule has 0 heterocycles. The Morgan fingerprint density at radius 3 is 2.48 bits per heavy atom. The van der Waals surface area contributed by atoms with E-state index in [0.717, 1.165) is 10.2 Å². The van der Waals surface area contributed by atoms with Crippen LogP contribution in [0.1, 0.15) is 42.6 Å². The summed E-state index contributed by atoms with van der Waals surface area (Å²) in [7, 11) is 1.72.